The molecule has 1 aromatic rings. The van der Waals surface area contributed by atoms with Crippen molar-refractivity contribution in [3.63, 3.8) is 0 Å². The Balaban J connectivity index is 1.99. The summed E-state index contributed by atoms with van der Waals surface area (Å²) in [6.45, 7) is 4.59. The van der Waals surface area contributed by atoms with Crippen LogP contribution in [0.3, 0.4) is 0 Å². The van der Waals surface area contributed by atoms with Crippen LogP contribution in [0.2, 0.25) is 0 Å². The first-order valence-corrected chi connectivity index (χ1v) is 7.10. The lowest BCUT2D eigenvalue weighted by Gasteiger charge is -2.18. The van der Waals surface area contributed by atoms with E-state index in [4.69, 9.17) is 0 Å². The molecule has 0 unspecified atom stereocenters. The van der Waals surface area contributed by atoms with Crippen LogP contribution < -0.4 is 10.6 Å². The molecule has 2 rings (SSSR count). The summed E-state index contributed by atoms with van der Waals surface area (Å²) in [6.07, 6.45) is 0.220. The third-order valence-electron chi connectivity index (χ3n) is 2.92. The Bertz CT molecular complexity index is 555. The number of rotatable bonds is 1. The van der Waals surface area contributed by atoms with Gasteiger partial charge in [0.2, 0.25) is 5.91 Å². The number of anilines is 1. The van der Waals surface area contributed by atoms with Gasteiger partial charge in [-0.15, -0.1) is 11.3 Å². The van der Waals surface area contributed by atoms with E-state index < -0.39 is 11.8 Å². The fourth-order valence-corrected chi connectivity index (χ4v) is 2.73. The summed E-state index contributed by atoms with van der Waals surface area (Å²) in [4.78, 5) is 40.8. The summed E-state index contributed by atoms with van der Waals surface area (Å²) >= 11 is 1.33. The summed E-state index contributed by atoms with van der Waals surface area (Å²) in [5.41, 5.74) is 0.696. The zero-order valence-electron chi connectivity index (χ0n) is 11.4. The molecule has 108 valence electrons. The molecule has 0 aliphatic carbocycles. The molecule has 3 amide bonds. The van der Waals surface area contributed by atoms with E-state index in [0.717, 1.165) is 5.01 Å². The molecule has 8 heteroatoms. The highest BCUT2D eigenvalue weighted by atomic mass is 32.1. The molecule has 0 saturated carbocycles. The van der Waals surface area contributed by atoms with Crippen LogP contribution in [0.5, 0.6) is 0 Å². The van der Waals surface area contributed by atoms with E-state index in [-0.39, 0.29) is 18.9 Å². The maximum atomic E-state index is 12.0. The lowest BCUT2D eigenvalue weighted by Crippen LogP contribution is -2.41. The van der Waals surface area contributed by atoms with Gasteiger partial charge < -0.3 is 15.5 Å². The van der Waals surface area contributed by atoms with Crippen molar-refractivity contribution in [3.8, 4) is 0 Å². The van der Waals surface area contributed by atoms with Crippen molar-refractivity contribution in [2.24, 2.45) is 0 Å². The Labute approximate surface area is 120 Å². The molecule has 0 bridgehead atoms. The summed E-state index contributed by atoms with van der Waals surface area (Å²) in [7, 11) is 0. The van der Waals surface area contributed by atoms with Crippen molar-refractivity contribution < 1.29 is 14.4 Å². The number of nitrogens with zero attached hydrogens (tertiary/aromatic N) is 2. The van der Waals surface area contributed by atoms with E-state index in [9.17, 15) is 14.4 Å². The maximum absolute atomic E-state index is 12.0. The Morgan fingerprint density at radius 3 is 2.75 bits per heavy atom. The smallest absolute Gasteiger partial charge is 0.314 e. The Kier molecular flexibility index (Phi) is 4.33. The van der Waals surface area contributed by atoms with Crippen molar-refractivity contribution in [1.29, 1.82) is 0 Å². The van der Waals surface area contributed by atoms with E-state index in [0.29, 0.717) is 23.8 Å². The molecular formula is C12H16N4O3S. The van der Waals surface area contributed by atoms with Crippen molar-refractivity contribution in [1.82, 2.24) is 15.2 Å². The first-order valence-electron chi connectivity index (χ1n) is 6.28. The fourth-order valence-electron chi connectivity index (χ4n) is 1.92. The minimum atomic E-state index is -0.689. The van der Waals surface area contributed by atoms with Crippen molar-refractivity contribution >= 4 is 34.1 Å². The van der Waals surface area contributed by atoms with Crippen LogP contribution in [0.15, 0.2) is 0 Å². The highest BCUT2D eigenvalue weighted by Gasteiger charge is 2.25. The van der Waals surface area contributed by atoms with E-state index in [1.165, 1.54) is 16.2 Å². The molecule has 1 aliphatic heterocycles. The van der Waals surface area contributed by atoms with Gasteiger partial charge in [-0.1, -0.05) is 0 Å². The van der Waals surface area contributed by atoms with Gasteiger partial charge in [0.05, 0.1) is 10.7 Å². The zero-order chi connectivity index (χ0) is 14.7. The highest BCUT2D eigenvalue weighted by molar-refractivity contribution is 7.16. The molecule has 0 radical (unpaired) electrons. The number of amides is 3. The van der Waals surface area contributed by atoms with Crippen LogP contribution in [0.4, 0.5) is 5.00 Å². The van der Waals surface area contributed by atoms with E-state index in [2.05, 4.69) is 15.6 Å². The van der Waals surface area contributed by atoms with E-state index in [1.54, 1.807) is 6.92 Å². The lowest BCUT2D eigenvalue weighted by molar-refractivity contribution is -0.143. The molecule has 0 spiro atoms. The predicted molar refractivity (Wildman–Crippen MR) is 74.4 cm³/mol. The van der Waals surface area contributed by atoms with Crippen molar-refractivity contribution in [2.45, 2.75) is 20.3 Å². The van der Waals surface area contributed by atoms with Gasteiger partial charge in [0.25, 0.3) is 0 Å². The monoisotopic (exact) mass is 296 g/mol. The number of carbonyl (C=O) groups is 3. The van der Waals surface area contributed by atoms with Crippen molar-refractivity contribution in [2.75, 3.05) is 25.0 Å². The third-order valence-corrected chi connectivity index (χ3v) is 3.91. The molecule has 1 aromatic heterocycles. The number of aryl methyl sites for hydroxylation is 2. The van der Waals surface area contributed by atoms with Crippen LogP contribution in [0.1, 0.15) is 17.1 Å². The predicted octanol–water partition coefficient (Wildman–Crippen LogP) is 0.0469. The summed E-state index contributed by atoms with van der Waals surface area (Å²) in [5, 5.41) is 6.65. The molecular weight excluding hydrogens is 280 g/mol. The summed E-state index contributed by atoms with van der Waals surface area (Å²) < 4.78 is 0. The lowest BCUT2D eigenvalue weighted by atomic mass is 10.3. The number of hydrogen-bond donors (Lipinski definition) is 2. The number of aromatic nitrogens is 1. The summed E-state index contributed by atoms with van der Waals surface area (Å²) in [5.74, 6) is -1.41. The van der Waals surface area contributed by atoms with E-state index in [1.807, 2.05) is 6.92 Å². The largest absolute Gasteiger partial charge is 0.354 e. The van der Waals surface area contributed by atoms with Crippen molar-refractivity contribution in [3.05, 3.63) is 10.7 Å². The minimum absolute atomic E-state index is 0.102. The molecule has 7 nitrogen and oxygen atoms in total. The second-order valence-corrected chi connectivity index (χ2v) is 5.70. The molecule has 0 atom stereocenters. The first kappa shape index (κ1) is 14.4. The second kappa shape index (κ2) is 6.00. The number of thiazole rings is 1. The maximum Gasteiger partial charge on any atom is 0.314 e. The van der Waals surface area contributed by atoms with Gasteiger partial charge in [0.1, 0.15) is 5.00 Å². The Morgan fingerprint density at radius 1 is 1.35 bits per heavy atom. The van der Waals surface area contributed by atoms with Gasteiger partial charge in [-0.05, 0) is 13.8 Å². The van der Waals surface area contributed by atoms with Crippen LogP contribution in [0, 0.1) is 13.8 Å². The number of hydrogen-bond acceptors (Lipinski definition) is 5. The Hall–Kier alpha value is -1.96. The molecule has 1 aliphatic rings. The molecule has 2 N–H and O–H groups in total. The SMILES string of the molecule is Cc1nc(C)c(NC(=O)C(=O)N2CCNC(=O)CC2)s1. The quantitative estimate of drug-likeness (QED) is 0.716. The number of nitrogens with one attached hydrogen (secondary N) is 2. The second-order valence-electron chi connectivity index (χ2n) is 4.49. The molecule has 2 heterocycles. The highest BCUT2D eigenvalue weighted by Crippen LogP contribution is 2.23. The standard InChI is InChI=1S/C12H16N4O3S/c1-7-11(20-8(2)14-7)15-10(18)12(19)16-5-3-9(17)13-4-6-16/h3-6H2,1-2H3,(H,13,17)(H,15,18). The average Bonchev–Trinajstić information content (AvgIpc) is 2.60. The van der Waals surface area contributed by atoms with Crippen LogP contribution >= 0.6 is 11.3 Å². The van der Waals surface area contributed by atoms with Gasteiger partial charge in [-0.25, -0.2) is 4.98 Å². The molecule has 1 fully saturated rings. The topological polar surface area (TPSA) is 91.4 Å². The summed E-state index contributed by atoms with van der Waals surface area (Å²) in [6, 6.07) is 0. The van der Waals surface area contributed by atoms with Crippen LogP contribution in [-0.2, 0) is 14.4 Å². The average molecular weight is 296 g/mol. The first-order chi connectivity index (χ1) is 9.47. The molecule has 0 aromatic carbocycles. The molecule has 1 saturated heterocycles. The van der Waals surface area contributed by atoms with Gasteiger partial charge in [0, 0.05) is 26.1 Å². The van der Waals surface area contributed by atoms with Crippen LogP contribution in [-0.4, -0.2) is 47.2 Å². The van der Waals surface area contributed by atoms with E-state index >= 15 is 0 Å². The fraction of sp³-hybridized carbons (Fsp3) is 0.500. The third kappa shape index (κ3) is 3.32. The van der Waals surface area contributed by atoms with Gasteiger partial charge in [-0.2, -0.15) is 0 Å². The molecule has 20 heavy (non-hydrogen) atoms. The van der Waals surface area contributed by atoms with Gasteiger partial charge >= 0.3 is 11.8 Å². The minimum Gasteiger partial charge on any atom is -0.354 e. The van der Waals surface area contributed by atoms with Gasteiger partial charge in [0.15, 0.2) is 0 Å². The van der Waals surface area contributed by atoms with Gasteiger partial charge in [-0.3, -0.25) is 14.4 Å². The zero-order valence-corrected chi connectivity index (χ0v) is 12.2. The van der Waals surface area contributed by atoms with Crippen LogP contribution in [0.25, 0.3) is 0 Å². The normalized spacial score (nSPS) is 15.5. The number of carbonyl (C=O) groups excluding carboxylic acids is 3. The Morgan fingerprint density at radius 2 is 2.10 bits per heavy atom.